The molecule has 1 aromatic rings. The molecule has 2 rings (SSSR count). The zero-order chi connectivity index (χ0) is 15.2. The maximum Gasteiger partial charge on any atom is 0.321 e. The second kappa shape index (κ2) is 7.40. The molecule has 1 atom stereocenters. The molecule has 1 aliphatic heterocycles. The van der Waals surface area contributed by atoms with E-state index in [1.807, 2.05) is 0 Å². The molecular weight excluding hydrogens is 296 g/mol. The maximum atomic E-state index is 12.0. The van der Waals surface area contributed by atoms with Gasteiger partial charge in [0.2, 0.25) is 5.91 Å². The van der Waals surface area contributed by atoms with Gasteiger partial charge >= 0.3 is 5.97 Å². The number of anilines is 1. The Morgan fingerprint density at radius 1 is 1.33 bits per heavy atom. The first kappa shape index (κ1) is 15.8. The van der Waals surface area contributed by atoms with Gasteiger partial charge < -0.3 is 15.2 Å². The zero-order valence-electron chi connectivity index (χ0n) is 11.4. The Morgan fingerprint density at radius 3 is 2.62 bits per heavy atom. The van der Waals surface area contributed by atoms with E-state index >= 15 is 0 Å². The van der Waals surface area contributed by atoms with E-state index in [0.717, 1.165) is 0 Å². The molecule has 0 aromatic heterocycles. The van der Waals surface area contributed by atoms with Gasteiger partial charge in [-0.25, -0.2) is 0 Å². The average Bonchev–Trinajstić information content (AvgIpc) is 2.48. The van der Waals surface area contributed by atoms with Crippen molar-refractivity contribution in [3.05, 3.63) is 29.3 Å². The van der Waals surface area contributed by atoms with Gasteiger partial charge in [0.15, 0.2) is 0 Å². The van der Waals surface area contributed by atoms with Gasteiger partial charge in [0.1, 0.15) is 6.04 Å². The zero-order valence-corrected chi connectivity index (χ0v) is 12.2. The fourth-order valence-electron chi connectivity index (χ4n) is 2.20. The third-order valence-electron chi connectivity index (χ3n) is 3.30. The molecule has 21 heavy (non-hydrogen) atoms. The lowest BCUT2D eigenvalue weighted by molar-refractivity contribution is -0.147. The summed E-state index contributed by atoms with van der Waals surface area (Å²) in [4.78, 5) is 25.1. The Kier molecular flexibility index (Phi) is 5.55. The second-order valence-corrected chi connectivity index (χ2v) is 5.14. The van der Waals surface area contributed by atoms with Crippen LogP contribution in [0, 0.1) is 0 Å². The molecule has 1 aliphatic rings. The molecule has 1 heterocycles. The van der Waals surface area contributed by atoms with E-state index in [2.05, 4.69) is 5.32 Å². The van der Waals surface area contributed by atoms with E-state index in [1.54, 1.807) is 29.2 Å². The number of ether oxygens (including phenoxy) is 1. The number of hydrogen-bond acceptors (Lipinski definition) is 4. The summed E-state index contributed by atoms with van der Waals surface area (Å²) in [6.07, 6.45) is -0.124. The maximum absolute atomic E-state index is 12.0. The predicted molar refractivity (Wildman–Crippen MR) is 78.5 cm³/mol. The minimum atomic E-state index is -1.01. The quantitative estimate of drug-likeness (QED) is 0.860. The van der Waals surface area contributed by atoms with Crippen LogP contribution in [0.2, 0.25) is 5.02 Å². The van der Waals surface area contributed by atoms with Crippen LogP contribution in [0.25, 0.3) is 0 Å². The summed E-state index contributed by atoms with van der Waals surface area (Å²) < 4.78 is 5.19. The summed E-state index contributed by atoms with van der Waals surface area (Å²) in [5.74, 6) is -1.38. The Bertz CT molecular complexity index is 517. The molecule has 6 nitrogen and oxygen atoms in total. The van der Waals surface area contributed by atoms with Crippen molar-refractivity contribution in [3.63, 3.8) is 0 Å². The normalized spacial score (nSPS) is 17.2. The van der Waals surface area contributed by atoms with Crippen molar-refractivity contribution in [2.24, 2.45) is 0 Å². The summed E-state index contributed by atoms with van der Waals surface area (Å²) in [5.41, 5.74) is 0.482. The van der Waals surface area contributed by atoms with Gasteiger partial charge in [-0.3, -0.25) is 14.5 Å². The molecule has 1 saturated heterocycles. The standard InChI is InChI=1S/C14H17ClN2O4/c15-10-3-1-2-4-11(10)16-13(18)9-12(14(19)20)17-5-7-21-8-6-17/h1-4,12H,5-9H2,(H,16,18)(H,19,20)/t12-/m0/s1. The van der Waals surface area contributed by atoms with Crippen molar-refractivity contribution in [2.75, 3.05) is 31.6 Å². The molecular formula is C14H17ClN2O4. The number of carbonyl (C=O) groups is 2. The largest absolute Gasteiger partial charge is 0.480 e. The van der Waals surface area contributed by atoms with Crippen LogP contribution in [-0.2, 0) is 14.3 Å². The molecule has 0 radical (unpaired) electrons. The highest BCUT2D eigenvalue weighted by molar-refractivity contribution is 6.33. The van der Waals surface area contributed by atoms with E-state index < -0.39 is 12.0 Å². The monoisotopic (exact) mass is 312 g/mol. The van der Waals surface area contributed by atoms with Crippen LogP contribution in [0.15, 0.2) is 24.3 Å². The number of halogens is 1. The molecule has 0 spiro atoms. The van der Waals surface area contributed by atoms with Gasteiger partial charge in [-0.2, -0.15) is 0 Å². The first-order valence-electron chi connectivity index (χ1n) is 6.67. The summed E-state index contributed by atoms with van der Waals surface area (Å²) >= 11 is 5.96. The Labute approximate surface area is 127 Å². The molecule has 2 N–H and O–H groups in total. The molecule has 114 valence electrons. The van der Waals surface area contributed by atoms with E-state index in [1.165, 1.54) is 0 Å². The van der Waals surface area contributed by atoms with Crippen LogP contribution in [-0.4, -0.2) is 54.2 Å². The number of carboxylic acid groups (broad SMARTS) is 1. The predicted octanol–water partition coefficient (Wildman–Crippen LogP) is 1.45. The number of aliphatic carboxylic acids is 1. The first-order valence-corrected chi connectivity index (χ1v) is 7.04. The first-order chi connectivity index (χ1) is 10.1. The third kappa shape index (κ3) is 4.42. The molecule has 1 aromatic carbocycles. The van der Waals surface area contributed by atoms with Gasteiger partial charge in [0.25, 0.3) is 0 Å². The summed E-state index contributed by atoms with van der Waals surface area (Å²) in [6.45, 7) is 1.98. The number of carboxylic acids is 1. The number of rotatable bonds is 5. The van der Waals surface area contributed by atoms with Gasteiger partial charge in [-0.1, -0.05) is 23.7 Å². The van der Waals surface area contributed by atoms with Crippen LogP contribution in [0.1, 0.15) is 6.42 Å². The smallest absolute Gasteiger partial charge is 0.321 e. The molecule has 0 unspecified atom stereocenters. The van der Waals surface area contributed by atoms with Crippen molar-refractivity contribution in [1.29, 1.82) is 0 Å². The van der Waals surface area contributed by atoms with Crippen molar-refractivity contribution in [1.82, 2.24) is 4.90 Å². The van der Waals surface area contributed by atoms with Gasteiger partial charge in [0, 0.05) is 13.1 Å². The van der Waals surface area contributed by atoms with E-state index in [9.17, 15) is 14.7 Å². The third-order valence-corrected chi connectivity index (χ3v) is 3.63. The summed E-state index contributed by atoms with van der Waals surface area (Å²) in [7, 11) is 0. The minimum absolute atomic E-state index is 0.124. The fraction of sp³-hybridized carbons (Fsp3) is 0.429. The van der Waals surface area contributed by atoms with Crippen molar-refractivity contribution in [3.8, 4) is 0 Å². The molecule has 1 fully saturated rings. The van der Waals surface area contributed by atoms with E-state index in [-0.39, 0.29) is 12.3 Å². The highest BCUT2D eigenvalue weighted by Crippen LogP contribution is 2.21. The van der Waals surface area contributed by atoms with Crippen molar-refractivity contribution < 1.29 is 19.4 Å². The number of benzene rings is 1. The number of amides is 1. The highest BCUT2D eigenvalue weighted by Gasteiger charge is 2.29. The van der Waals surface area contributed by atoms with Crippen LogP contribution in [0.4, 0.5) is 5.69 Å². The topological polar surface area (TPSA) is 78.9 Å². The van der Waals surface area contributed by atoms with Crippen LogP contribution >= 0.6 is 11.6 Å². The van der Waals surface area contributed by atoms with Crippen molar-refractivity contribution in [2.45, 2.75) is 12.5 Å². The Balaban J connectivity index is 1.98. The number of para-hydroxylation sites is 1. The molecule has 0 aliphatic carbocycles. The molecule has 0 bridgehead atoms. The Hall–Kier alpha value is -1.63. The van der Waals surface area contributed by atoms with E-state index in [4.69, 9.17) is 16.3 Å². The molecule has 0 saturated carbocycles. The van der Waals surface area contributed by atoms with E-state index in [0.29, 0.717) is 37.0 Å². The number of carbonyl (C=O) groups excluding carboxylic acids is 1. The SMILES string of the molecule is O=C(C[C@@H](C(=O)O)N1CCOCC1)Nc1ccccc1Cl. The minimum Gasteiger partial charge on any atom is -0.480 e. The van der Waals surface area contributed by atoms with Crippen LogP contribution < -0.4 is 5.32 Å². The highest BCUT2D eigenvalue weighted by atomic mass is 35.5. The summed E-state index contributed by atoms with van der Waals surface area (Å²) in [5, 5.41) is 12.4. The van der Waals surface area contributed by atoms with Gasteiger partial charge in [0.05, 0.1) is 30.3 Å². The van der Waals surface area contributed by atoms with Crippen molar-refractivity contribution >= 4 is 29.2 Å². The fourth-order valence-corrected chi connectivity index (χ4v) is 2.38. The number of nitrogens with zero attached hydrogens (tertiary/aromatic N) is 1. The average molecular weight is 313 g/mol. The second-order valence-electron chi connectivity index (χ2n) is 4.73. The number of nitrogens with one attached hydrogen (secondary N) is 1. The number of morpholine rings is 1. The van der Waals surface area contributed by atoms with Crippen LogP contribution in [0.3, 0.4) is 0 Å². The lowest BCUT2D eigenvalue weighted by Gasteiger charge is -2.31. The molecule has 7 heteroatoms. The van der Waals surface area contributed by atoms with Crippen LogP contribution in [0.5, 0.6) is 0 Å². The number of hydrogen-bond donors (Lipinski definition) is 2. The van der Waals surface area contributed by atoms with Gasteiger partial charge in [-0.05, 0) is 12.1 Å². The van der Waals surface area contributed by atoms with Gasteiger partial charge in [-0.15, -0.1) is 0 Å². The molecule has 1 amide bonds. The Morgan fingerprint density at radius 2 is 2.00 bits per heavy atom. The lowest BCUT2D eigenvalue weighted by Crippen LogP contribution is -2.48. The lowest BCUT2D eigenvalue weighted by atomic mass is 10.1. The summed E-state index contributed by atoms with van der Waals surface area (Å²) in [6, 6.07) is 5.99.